The van der Waals surface area contributed by atoms with E-state index in [1.807, 2.05) is 19.1 Å². The zero-order chi connectivity index (χ0) is 23.1. The number of hydrogen-bond donors (Lipinski definition) is 1. The summed E-state index contributed by atoms with van der Waals surface area (Å²) in [5.41, 5.74) is 5.37. The molecular weight excluding hydrogens is 424 g/mol. The lowest BCUT2D eigenvalue weighted by atomic mass is 10.0. The van der Waals surface area contributed by atoms with Gasteiger partial charge in [0.1, 0.15) is 6.54 Å². The van der Waals surface area contributed by atoms with Crippen LogP contribution in [0.5, 0.6) is 0 Å². The Bertz CT molecular complexity index is 1170. The molecule has 0 aliphatic carbocycles. The minimum Gasteiger partial charge on any atom is -0.271 e. The second-order valence-corrected chi connectivity index (χ2v) is 9.48. The van der Waals surface area contributed by atoms with Gasteiger partial charge in [0.25, 0.3) is 15.9 Å². The van der Waals surface area contributed by atoms with E-state index in [0.29, 0.717) is 17.3 Å². The van der Waals surface area contributed by atoms with Gasteiger partial charge in [-0.15, -0.1) is 0 Å². The van der Waals surface area contributed by atoms with E-state index in [-0.39, 0.29) is 4.90 Å². The molecule has 2 aromatic carbocycles. The summed E-state index contributed by atoms with van der Waals surface area (Å²) in [4.78, 5) is 16.8. The molecule has 32 heavy (non-hydrogen) atoms. The Labute approximate surface area is 188 Å². The fourth-order valence-electron chi connectivity index (χ4n) is 2.97. The van der Waals surface area contributed by atoms with Gasteiger partial charge < -0.3 is 0 Å². The minimum absolute atomic E-state index is 0.112. The normalized spacial score (nSPS) is 11.6. The maximum Gasteiger partial charge on any atom is 0.264 e. The average Bonchev–Trinajstić information content (AvgIpc) is 2.78. The molecule has 1 aromatic heterocycles. The molecular formula is C24H26N4O3S. The van der Waals surface area contributed by atoms with Crippen LogP contribution in [0.25, 0.3) is 0 Å². The first-order valence-electron chi connectivity index (χ1n) is 10.2. The lowest BCUT2D eigenvalue weighted by molar-refractivity contribution is -0.119. The number of rotatable bonds is 8. The molecule has 1 N–H and O–H groups in total. The van der Waals surface area contributed by atoms with E-state index in [9.17, 15) is 13.2 Å². The van der Waals surface area contributed by atoms with Crippen LogP contribution in [0.2, 0.25) is 0 Å². The molecule has 0 aliphatic rings. The molecule has 166 valence electrons. The predicted octanol–water partition coefficient (Wildman–Crippen LogP) is 3.86. The van der Waals surface area contributed by atoms with E-state index >= 15 is 0 Å². The zero-order valence-electron chi connectivity index (χ0n) is 18.3. The van der Waals surface area contributed by atoms with Crippen LogP contribution in [0.4, 0.5) is 5.69 Å². The van der Waals surface area contributed by atoms with Gasteiger partial charge in [-0.1, -0.05) is 49.7 Å². The van der Waals surface area contributed by atoms with Crippen LogP contribution in [0, 0.1) is 6.92 Å². The molecule has 0 fully saturated rings. The Morgan fingerprint density at radius 1 is 1.06 bits per heavy atom. The van der Waals surface area contributed by atoms with Crippen molar-refractivity contribution in [3.8, 4) is 0 Å². The van der Waals surface area contributed by atoms with E-state index in [1.54, 1.807) is 48.7 Å². The Balaban J connectivity index is 1.87. The number of sulfonamides is 1. The molecule has 0 saturated heterocycles. The van der Waals surface area contributed by atoms with Gasteiger partial charge >= 0.3 is 0 Å². The number of pyridine rings is 1. The third kappa shape index (κ3) is 5.79. The molecule has 0 radical (unpaired) electrons. The van der Waals surface area contributed by atoms with Gasteiger partial charge in [-0.3, -0.25) is 14.1 Å². The zero-order valence-corrected chi connectivity index (χ0v) is 19.1. The first-order chi connectivity index (χ1) is 15.3. The first kappa shape index (κ1) is 23.1. The van der Waals surface area contributed by atoms with Crippen LogP contribution in [0.1, 0.15) is 36.6 Å². The van der Waals surface area contributed by atoms with Crippen molar-refractivity contribution in [1.29, 1.82) is 0 Å². The molecule has 1 amide bonds. The minimum atomic E-state index is -3.97. The Kier molecular flexibility index (Phi) is 7.37. The van der Waals surface area contributed by atoms with E-state index in [0.717, 1.165) is 15.4 Å². The van der Waals surface area contributed by atoms with Crippen LogP contribution >= 0.6 is 0 Å². The van der Waals surface area contributed by atoms with Crippen molar-refractivity contribution in [3.05, 3.63) is 89.7 Å². The van der Waals surface area contributed by atoms with Crippen LogP contribution in [0.3, 0.4) is 0 Å². The van der Waals surface area contributed by atoms with Gasteiger partial charge in [0.15, 0.2) is 0 Å². The quantitative estimate of drug-likeness (QED) is 0.417. The van der Waals surface area contributed by atoms with Crippen molar-refractivity contribution in [1.82, 2.24) is 10.4 Å². The van der Waals surface area contributed by atoms with Crippen LogP contribution in [0.15, 0.2) is 82.9 Å². The summed E-state index contributed by atoms with van der Waals surface area (Å²) in [6, 6.07) is 19.0. The van der Waals surface area contributed by atoms with E-state index in [4.69, 9.17) is 0 Å². The number of hydrazone groups is 1. The number of amides is 1. The maximum atomic E-state index is 13.4. The Hall–Kier alpha value is -3.52. The summed E-state index contributed by atoms with van der Waals surface area (Å²) in [6.45, 7) is 5.58. The number of nitrogens with zero attached hydrogens (tertiary/aromatic N) is 3. The topological polar surface area (TPSA) is 91.7 Å². The molecule has 8 heteroatoms. The monoisotopic (exact) mass is 450 g/mol. The SMILES string of the molecule is Cc1ccc(S(=O)(=O)N(CC(=O)N/N=C\c2ccccn2)c2ccc(C(C)C)cc2)cc1. The van der Waals surface area contributed by atoms with Crippen LogP contribution in [-0.4, -0.2) is 32.1 Å². The second kappa shape index (κ2) is 10.2. The van der Waals surface area contributed by atoms with Gasteiger partial charge in [0.05, 0.1) is 22.5 Å². The lowest BCUT2D eigenvalue weighted by Gasteiger charge is -2.24. The summed E-state index contributed by atoms with van der Waals surface area (Å²) >= 11 is 0. The van der Waals surface area contributed by atoms with Crippen molar-refractivity contribution in [2.75, 3.05) is 10.8 Å². The van der Waals surface area contributed by atoms with Crippen molar-refractivity contribution >= 4 is 27.8 Å². The Morgan fingerprint density at radius 3 is 2.34 bits per heavy atom. The Morgan fingerprint density at radius 2 is 1.75 bits per heavy atom. The van der Waals surface area contributed by atoms with Crippen molar-refractivity contribution in [2.24, 2.45) is 5.10 Å². The predicted molar refractivity (Wildman–Crippen MR) is 126 cm³/mol. The molecule has 3 aromatic rings. The van der Waals surface area contributed by atoms with Gasteiger partial charge in [-0.2, -0.15) is 5.10 Å². The summed E-state index contributed by atoms with van der Waals surface area (Å²) < 4.78 is 27.9. The molecule has 0 spiro atoms. The summed E-state index contributed by atoms with van der Waals surface area (Å²) in [7, 11) is -3.97. The van der Waals surface area contributed by atoms with E-state index in [2.05, 4.69) is 29.4 Å². The fraction of sp³-hybridized carbons (Fsp3) is 0.208. The lowest BCUT2D eigenvalue weighted by Crippen LogP contribution is -2.39. The third-order valence-corrected chi connectivity index (χ3v) is 6.61. The van der Waals surface area contributed by atoms with Crippen molar-refractivity contribution < 1.29 is 13.2 Å². The molecule has 7 nitrogen and oxygen atoms in total. The number of nitrogens with one attached hydrogen (secondary N) is 1. The molecule has 3 rings (SSSR count). The fourth-order valence-corrected chi connectivity index (χ4v) is 4.39. The van der Waals surface area contributed by atoms with Crippen LogP contribution < -0.4 is 9.73 Å². The number of aromatic nitrogens is 1. The largest absolute Gasteiger partial charge is 0.271 e. The average molecular weight is 451 g/mol. The first-order valence-corrected chi connectivity index (χ1v) is 11.6. The van der Waals surface area contributed by atoms with Crippen molar-refractivity contribution in [2.45, 2.75) is 31.6 Å². The summed E-state index contributed by atoms with van der Waals surface area (Å²) in [5, 5.41) is 3.88. The van der Waals surface area contributed by atoms with E-state index in [1.165, 1.54) is 18.3 Å². The highest BCUT2D eigenvalue weighted by molar-refractivity contribution is 7.92. The smallest absolute Gasteiger partial charge is 0.264 e. The number of carbonyl (C=O) groups is 1. The summed E-state index contributed by atoms with van der Waals surface area (Å²) in [6.07, 6.45) is 3.01. The molecule has 0 unspecified atom stereocenters. The highest BCUT2D eigenvalue weighted by atomic mass is 32.2. The van der Waals surface area contributed by atoms with Gasteiger partial charge in [0, 0.05) is 6.20 Å². The molecule has 1 heterocycles. The van der Waals surface area contributed by atoms with E-state index < -0.39 is 22.5 Å². The maximum absolute atomic E-state index is 13.4. The van der Waals surface area contributed by atoms with Crippen LogP contribution in [-0.2, 0) is 14.8 Å². The van der Waals surface area contributed by atoms with Gasteiger partial charge in [0.2, 0.25) is 0 Å². The number of hydrogen-bond acceptors (Lipinski definition) is 5. The highest BCUT2D eigenvalue weighted by Crippen LogP contribution is 2.26. The van der Waals surface area contributed by atoms with Gasteiger partial charge in [-0.05, 0) is 54.8 Å². The number of benzene rings is 2. The standard InChI is InChI=1S/C24H26N4O3S/c1-18(2)20-9-11-22(12-10-20)28(32(30,31)23-13-7-19(3)8-14-23)17-24(29)27-26-16-21-6-4-5-15-25-21/h4-16,18H,17H2,1-3H3,(H,27,29)/b26-16-. The molecule has 0 bridgehead atoms. The summed E-state index contributed by atoms with van der Waals surface area (Å²) in [5.74, 6) is -0.267. The number of aryl methyl sites for hydroxylation is 1. The third-order valence-electron chi connectivity index (χ3n) is 4.82. The van der Waals surface area contributed by atoms with Crippen molar-refractivity contribution in [3.63, 3.8) is 0 Å². The number of carbonyl (C=O) groups excluding carboxylic acids is 1. The number of anilines is 1. The molecule has 0 aliphatic heterocycles. The molecule has 0 atom stereocenters. The van der Waals surface area contributed by atoms with Gasteiger partial charge in [-0.25, -0.2) is 13.8 Å². The second-order valence-electron chi connectivity index (χ2n) is 7.62. The molecule has 0 saturated carbocycles. The highest BCUT2D eigenvalue weighted by Gasteiger charge is 2.27.